The van der Waals surface area contributed by atoms with Gasteiger partial charge >= 0.3 is 5.97 Å². The molecule has 2 rings (SSSR count). The summed E-state index contributed by atoms with van der Waals surface area (Å²) < 4.78 is 5.71. The van der Waals surface area contributed by atoms with Crippen molar-refractivity contribution in [1.29, 1.82) is 0 Å². The summed E-state index contributed by atoms with van der Waals surface area (Å²) in [7, 11) is 0. The van der Waals surface area contributed by atoms with E-state index in [0.29, 0.717) is 11.8 Å². The summed E-state index contributed by atoms with van der Waals surface area (Å²) in [5.41, 5.74) is 1.14. The summed E-state index contributed by atoms with van der Waals surface area (Å²) in [6, 6.07) is 3.94. The van der Waals surface area contributed by atoms with E-state index in [4.69, 9.17) is 9.84 Å². The minimum atomic E-state index is -0.723. The first-order chi connectivity index (χ1) is 9.74. The van der Waals surface area contributed by atoms with E-state index in [0.717, 1.165) is 31.4 Å². The molecule has 1 aliphatic carbocycles. The summed E-state index contributed by atoms with van der Waals surface area (Å²) in [5, 5.41) is 8.57. The van der Waals surface area contributed by atoms with Crippen LogP contribution in [0.1, 0.15) is 50.5 Å². The first kappa shape index (κ1) is 14.8. The zero-order valence-electron chi connectivity index (χ0n) is 11.9. The minimum Gasteiger partial charge on any atom is -0.481 e. The molecule has 1 aliphatic rings. The second-order valence-electron chi connectivity index (χ2n) is 5.57. The summed E-state index contributed by atoms with van der Waals surface area (Å²) >= 11 is 0. The second-order valence-corrected chi connectivity index (χ2v) is 5.57. The van der Waals surface area contributed by atoms with Gasteiger partial charge in [-0.1, -0.05) is 18.9 Å². The Morgan fingerprint density at radius 3 is 2.75 bits per heavy atom. The van der Waals surface area contributed by atoms with Crippen molar-refractivity contribution in [2.75, 3.05) is 6.61 Å². The van der Waals surface area contributed by atoms with E-state index in [1.165, 1.54) is 25.7 Å². The van der Waals surface area contributed by atoms with Crippen LogP contribution in [0.15, 0.2) is 18.3 Å². The van der Waals surface area contributed by atoms with Gasteiger partial charge in [0.15, 0.2) is 0 Å². The van der Waals surface area contributed by atoms with Gasteiger partial charge < -0.3 is 9.84 Å². The largest absolute Gasteiger partial charge is 0.481 e. The van der Waals surface area contributed by atoms with E-state index < -0.39 is 5.97 Å². The van der Waals surface area contributed by atoms with Crippen LogP contribution in [0.25, 0.3) is 0 Å². The Morgan fingerprint density at radius 1 is 1.30 bits per heavy atom. The highest BCUT2D eigenvalue weighted by molar-refractivity contribution is 5.66. The summed E-state index contributed by atoms with van der Waals surface area (Å²) in [6.45, 7) is 0.783. The van der Waals surface area contributed by atoms with Crippen LogP contribution >= 0.6 is 0 Å². The van der Waals surface area contributed by atoms with Gasteiger partial charge in [0.2, 0.25) is 5.88 Å². The molecule has 1 fully saturated rings. The molecular weight excluding hydrogens is 254 g/mol. The molecular formula is C16H23NO3. The van der Waals surface area contributed by atoms with Gasteiger partial charge in [0.25, 0.3) is 0 Å². The van der Waals surface area contributed by atoms with Crippen LogP contribution < -0.4 is 4.74 Å². The second kappa shape index (κ2) is 7.88. The third-order valence-corrected chi connectivity index (χ3v) is 3.85. The van der Waals surface area contributed by atoms with Crippen LogP contribution in [-0.4, -0.2) is 22.7 Å². The smallest absolute Gasteiger partial charge is 0.303 e. The molecule has 0 amide bonds. The van der Waals surface area contributed by atoms with E-state index in [2.05, 4.69) is 4.98 Å². The fourth-order valence-electron chi connectivity index (χ4n) is 2.63. The molecule has 1 N–H and O–H groups in total. The average molecular weight is 277 g/mol. The Hall–Kier alpha value is -1.58. The predicted molar refractivity (Wildman–Crippen MR) is 76.9 cm³/mol. The standard InChI is InChI=1S/C16H23NO3/c18-16(19)8-4-3-5-13-9-10-15(17-11-13)20-12-14-6-1-2-7-14/h9-11,14H,1-8,12H2,(H,18,19). The lowest BCUT2D eigenvalue weighted by Gasteiger charge is -2.10. The lowest BCUT2D eigenvalue weighted by Crippen LogP contribution is -2.08. The van der Waals surface area contributed by atoms with Gasteiger partial charge in [-0.2, -0.15) is 0 Å². The van der Waals surface area contributed by atoms with Gasteiger partial charge in [0, 0.05) is 18.7 Å². The van der Waals surface area contributed by atoms with Crippen molar-refractivity contribution in [2.45, 2.75) is 51.4 Å². The fourth-order valence-corrected chi connectivity index (χ4v) is 2.63. The van der Waals surface area contributed by atoms with Gasteiger partial charge in [-0.15, -0.1) is 0 Å². The third-order valence-electron chi connectivity index (χ3n) is 3.85. The Kier molecular flexibility index (Phi) is 5.84. The molecule has 1 heterocycles. The fraction of sp³-hybridized carbons (Fsp3) is 0.625. The molecule has 0 radical (unpaired) electrons. The van der Waals surface area contributed by atoms with Gasteiger partial charge in [0.05, 0.1) is 6.61 Å². The number of hydrogen-bond donors (Lipinski definition) is 1. The predicted octanol–water partition coefficient (Wildman–Crippen LogP) is 3.45. The van der Waals surface area contributed by atoms with Crippen LogP contribution in [-0.2, 0) is 11.2 Å². The van der Waals surface area contributed by atoms with Crippen LogP contribution in [0.2, 0.25) is 0 Å². The third kappa shape index (κ3) is 5.19. The van der Waals surface area contributed by atoms with Crippen molar-refractivity contribution in [1.82, 2.24) is 4.98 Å². The zero-order valence-corrected chi connectivity index (χ0v) is 11.9. The molecule has 1 aromatic rings. The van der Waals surface area contributed by atoms with Gasteiger partial charge in [-0.3, -0.25) is 4.79 Å². The number of unbranched alkanes of at least 4 members (excludes halogenated alkanes) is 1. The molecule has 0 unspecified atom stereocenters. The van der Waals surface area contributed by atoms with Gasteiger partial charge in [-0.25, -0.2) is 4.98 Å². The van der Waals surface area contributed by atoms with E-state index in [1.807, 2.05) is 18.3 Å². The van der Waals surface area contributed by atoms with Crippen molar-refractivity contribution >= 4 is 5.97 Å². The number of aryl methyl sites for hydroxylation is 1. The summed E-state index contributed by atoms with van der Waals surface area (Å²) in [5.74, 6) is 0.678. The molecule has 0 aromatic carbocycles. The maximum absolute atomic E-state index is 10.4. The molecule has 4 heteroatoms. The summed E-state index contributed by atoms with van der Waals surface area (Å²) in [4.78, 5) is 14.7. The first-order valence-corrected chi connectivity index (χ1v) is 7.53. The number of ether oxygens (including phenoxy) is 1. The van der Waals surface area contributed by atoms with Crippen LogP contribution in [0.3, 0.4) is 0 Å². The topological polar surface area (TPSA) is 59.4 Å². The number of aliphatic carboxylic acids is 1. The van der Waals surface area contributed by atoms with Crippen molar-refractivity contribution in [3.63, 3.8) is 0 Å². The van der Waals surface area contributed by atoms with Crippen molar-refractivity contribution in [3.8, 4) is 5.88 Å². The zero-order chi connectivity index (χ0) is 14.2. The van der Waals surface area contributed by atoms with E-state index >= 15 is 0 Å². The number of hydrogen-bond acceptors (Lipinski definition) is 3. The van der Waals surface area contributed by atoms with Crippen molar-refractivity contribution in [2.24, 2.45) is 5.92 Å². The molecule has 4 nitrogen and oxygen atoms in total. The molecule has 0 saturated heterocycles. The average Bonchev–Trinajstić information content (AvgIpc) is 2.96. The molecule has 0 bridgehead atoms. The SMILES string of the molecule is O=C(O)CCCCc1ccc(OCC2CCCC2)nc1. The van der Waals surface area contributed by atoms with Gasteiger partial charge in [0.1, 0.15) is 0 Å². The Balaban J connectivity index is 1.67. The molecule has 20 heavy (non-hydrogen) atoms. The molecule has 0 aliphatic heterocycles. The molecule has 1 saturated carbocycles. The monoisotopic (exact) mass is 277 g/mol. The van der Waals surface area contributed by atoms with Crippen LogP contribution in [0, 0.1) is 5.92 Å². The number of rotatable bonds is 8. The van der Waals surface area contributed by atoms with Crippen LogP contribution in [0.4, 0.5) is 0 Å². The maximum Gasteiger partial charge on any atom is 0.303 e. The number of carbonyl (C=O) groups is 1. The number of nitrogens with zero attached hydrogens (tertiary/aromatic N) is 1. The molecule has 0 spiro atoms. The van der Waals surface area contributed by atoms with E-state index in [9.17, 15) is 4.79 Å². The van der Waals surface area contributed by atoms with Gasteiger partial charge in [-0.05, 0) is 43.6 Å². The highest BCUT2D eigenvalue weighted by Gasteiger charge is 2.15. The quantitative estimate of drug-likeness (QED) is 0.739. The Bertz CT molecular complexity index is 410. The van der Waals surface area contributed by atoms with Crippen molar-refractivity contribution in [3.05, 3.63) is 23.9 Å². The molecule has 110 valence electrons. The van der Waals surface area contributed by atoms with Crippen LogP contribution in [0.5, 0.6) is 5.88 Å². The molecule has 1 aromatic heterocycles. The number of carboxylic acids is 1. The lowest BCUT2D eigenvalue weighted by atomic mass is 10.1. The number of carboxylic acid groups (broad SMARTS) is 1. The van der Waals surface area contributed by atoms with Crippen molar-refractivity contribution < 1.29 is 14.6 Å². The molecule has 0 atom stereocenters. The summed E-state index contributed by atoms with van der Waals surface area (Å²) in [6.07, 6.45) is 9.78. The maximum atomic E-state index is 10.4. The number of pyridine rings is 1. The number of aromatic nitrogens is 1. The van der Waals surface area contributed by atoms with E-state index in [-0.39, 0.29) is 6.42 Å². The lowest BCUT2D eigenvalue weighted by molar-refractivity contribution is -0.137. The highest BCUT2D eigenvalue weighted by atomic mass is 16.5. The van der Waals surface area contributed by atoms with E-state index in [1.54, 1.807) is 0 Å². The Labute approximate surface area is 120 Å². The Morgan fingerprint density at radius 2 is 2.10 bits per heavy atom. The minimum absolute atomic E-state index is 0.246. The first-order valence-electron chi connectivity index (χ1n) is 7.53. The normalized spacial score (nSPS) is 15.4. The highest BCUT2D eigenvalue weighted by Crippen LogP contribution is 2.25.